The molecule has 0 aromatic heterocycles. The molecule has 3 amide bonds. The van der Waals surface area contributed by atoms with Gasteiger partial charge in [-0.1, -0.05) is 24.3 Å². The first-order valence-corrected chi connectivity index (χ1v) is 8.95. The Morgan fingerprint density at radius 3 is 2.88 bits per heavy atom. The summed E-state index contributed by atoms with van der Waals surface area (Å²) in [5.41, 5.74) is 1.66. The Morgan fingerprint density at radius 1 is 1.36 bits per heavy atom. The molecule has 1 aliphatic carbocycles. The van der Waals surface area contributed by atoms with Crippen molar-refractivity contribution in [2.75, 3.05) is 13.1 Å². The van der Waals surface area contributed by atoms with Gasteiger partial charge in [0.15, 0.2) is 0 Å². The van der Waals surface area contributed by atoms with Crippen LogP contribution in [-0.4, -0.2) is 41.3 Å². The summed E-state index contributed by atoms with van der Waals surface area (Å²) in [6.07, 6.45) is 1.75. The van der Waals surface area contributed by atoms with E-state index < -0.39 is 5.54 Å². The van der Waals surface area contributed by atoms with E-state index in [2.05, 4.69) is 15.6 Å². The van der Waals surface area contributed by atoms with E-state index in [1.807, 2.05) is 43.0 Å². The summed E-state index contributed by atoms with van der Waals surface area (Å²) in [4.78, 5) is 31.5. The number of aliphatic imine (C=N–C) groups is 1. The summed E-state index contributed by atoms with van der Waals surface area (Å²) in [5.74, 6) is 1.21. The highest BCUT2D eigenvalue weighted by molar-refractivity contribution is 6.07. The fraction of sp³-hybridized carbons (Fsp3) is 0.526. The molecule has 2 aliphatic heterocycles. The van der Waals surface area contributed by atoms with E-state index in [1.54, 1.807) is 0 Å². The molecule has 0 radical (unpaired) electrons. The fourth-order valence-corrected chi connectivity index (χ4v) is 4.62. The van der Waals surface area contributed by atoms with E-state index >= 15 is 0 Å². The van der Waals surface area contributed by atoms with Crippen LogP contribution in [0.2, 0.25) is 0 Å². The van der Waals surface area contributed by atoms with Crippen molar-refractivity contribution >= 4 is 17.8 Å². The second kappa shape index (κ2) is 5.86. The minimum absolute atomic E-state index is 0.0136. The van der Waals surface area contributed by atoms with Crippen LogP contribution < -0.4 is 10.6 Å². The summed E-state index contributed by atoms with van der Waals surface area (Å²) < 4.78 is 0. The number of hydrogen-bond acceptors (Lipinski definition) is 3. The molecule has 0 unspecified atom stereocenters. The number of nitrogens with zero attached hydrogens (tertiary/aromatic N) is 2. The molecule has 1 aromatic rings. The third-order valence-electron chi connectivity index (χ3n) is 5.98. The van der Waals surface area contributed by atoms with Gasteiger partial charge in [-0.15, -0.1) is 0 Å². The number of benzene rings is 1. The molecular formula is C19H24N4O2. The van der Waals surface area contributed by atoms with Crippen LogP contribution in [0, 0.1) is 18.8 Å². The number of likely N-dealkylation sites (tertiary alicyclic amines) is 1. The van der Waals surface area contributed by atoms with Crippen LogP contribution >= 0.6 is 0 Å². The van der Waals surface area contributed by atoms with Gasteiger partial charge in [-0.3, -0.25) is 9.79 Å². The molecule has 1 saturated carbocycles. The largest absolute Gasteiger partial charge is 0.334 e. The first-order chi connectivity index (χ1) is 12.0. The average Bonchev–Trinajstić information content (AvgIpc) is 3.22. The number of amidine groups is 1. The quantitative estimate of drug-likeness (QED) is 0.862. The molecule has 1 aromatic carbocycles. The van der Waals surface area contributed by atoms with Gasteiger partial charge in [0.25, 0.3) is 5.91 Å². The highest BCUT2D eigenvalue weighted by Gasteiger charge is 2.59. The Hall–Kier alpha value is -2.37. The Balaban J connectivity index is 1.42. The second-order valence-corrected chi connectivity index (χ2v) is 7.47. The fourth-order valence-electron chi connectivity index (χ4n) is 4.62. The topological polar surface area (TPSA) is 73.8 Å². The van der Waals surface area contributed by atoms with Crippen LogP contribution in [0.1, 0.15) is 30.9 Å². The number of aryl methyl sites for hydroxylation is 1. The molecule has 2 fully saturated rings. The van der Waals surface area contributed by atoms with Gasteiger partial charge in [-0.2, -0.15) is 0 Å². The Morgan fingerprint density at radius 2 is 2.16 bits per heavy atom. The monoisotopic (exact) mass is 340 g/mol. The van der Waals surface area contributed by atoms with Crippen molar-refractivity contribution < 1.29 is 9.59 Å². The predicted octanol–water partition coefficient (Wildman–Crippen LogP) is 1.83. The molecule has 2 N–H and O–H groups in total. The van der Waals surface area contributed by atoms with Gasteiger partial charge in [0, 0.05) is 25.6 Å². The number of urea groups is 1. The average molecular weight is 340 g/mol. The van der Waals surface area contributed by atoms with Crippen LogP contribution in [0.15, 0.2) is 29.3 Å². The molecule has 0 bridgehead atoms. The third kappa shape index (κ3) is 2.60. The molecule has 3 aliphatic rings. The molecular weight excluding hydrogens is 316 g/mol. The zero-order chi connectivity index (χ0) is 17.6. The highest BCUT2D eigenvalue weighted by atomic mass is 16.2. The summed E-state index contributed by atoms with van der Waals surface area (Å²) in [5, 5.41) is 5.87. The maximum absolute atomic E-state index is 12.6. The smallest absolute Gasteiger partial charge is 0.317 e. The molecule has 6 nitrogen and oxygen atoms in total. The number of amides is 3. The van der Waals surface area contributed by atoms with Crippen molar-refractivity contribution in [1.29, 1.82) is 0 Å². The molecule has 132 valence electrons. The van der Waals surface area contributed by atoms with Crippen LogP contribution in [0.3, 0.4) is 0 Å². The SMILES string of the molecule is CC1=N[C@@]2(CC[C@@H]3CN(C(=O)NCc4ccccc4C)C[C@@H]32)C(=O)N1. The summed E-state index contributed by atoms with van der Waals surface area (Å²) in [7, 11) is 0. The van der Waals surface area contributed by atoms with Crippen LogP contribution in [0.5, 0.6) is 0 Å². The summed E-state index contributed by atoms with van der Waals surface area (Å²) >= 11 is 0. The first-order valence-electron chi connectivity index (χ1n) is 8.95. The van der Waals surface area contributed by atoms with E-state index in [-0.39, 0.29) is 17.9 Å². The summed E-state index contributed by atoms with van der Waals surface area (Å²) in [6, 6.07) is 8.01. The van der Waals surface area contributed by atoms with Gasteiger partial charge >= 0.3 is 6.03 Å². The van der Waals surface area contributed by atoms with Crippen molar-refractivity contribution in [3.05, 3.63) is 35.4 Å². The lowest BCUT2D eigenvalue weighted by molar-refractivity contribution is -0.124. The van der Waals surface area contributed by atoms with Crippen molar-refractivity contribution in [3.63, 3.8) is 0 Å². The van der Waals surface area contributed by atoms with Gasteiger partial charge in [0.2, 0.25) is 0 Å². The third-order valence-corrected chi connectivity index (χ3v) is 5.98. The number of fused-ring (bicyclic) bond motifs is 2. The zero-order valence-electron chi connectivity index (χ0n) is 14.7. The zero-order valence-corrected chi connectivity index (χ0v) is 14.7. The number of carbonyl (C=O) groups is 2. The van der Waals surface area contributed by atoms with Crippen molar-refractivity contribution in [2.24, 2.45) is 16.8 Å². The lowest BCUT2D eigenvalue weighted by Crippen LogP contribution is -2.46. The number of carbonyl (C=O) groups excluding carboxylic acids is 2. The Labute approximate surface area is 147 Å². The van der Waals surface area contributed by atoms with E-state index in [9.17, 15) is 9.59 Å². The van der Waals surface area contributed by atoms with Crippen LogP contribution in [0.4, 0.5) is 4.79 Å². The number of rotatable bonds is 2. The normalized spacial score (nSPS) is 30.4. The van der Waals surface area contributed by atoms with E-state index in [0.717, 1.165) is 18.4 Å². The molecule has 1 saturated heterocycles. The molecule has 3 atom stereocenters. The number of nitrogens with one attached hydrogen (secondary N) is 2. The lowest BCUT2D eigenvalue weighted by Gasteiger charge is -2.25. The van der Waals surface area contributed by atoms with Crippen molar-refractivity contribution in [1.82, 2.24) is 15.5 Å². The maximum Gasteiger partial charge on any atom is 0.317 e. The van der Waals surface area contributed by atoms with E-state index in [1.165, 1.54) is 5.56 Å². The standard InChI is InChI=1S/C19H24N4O2/c1-12-5-3-4-6-14(12)9-20-18(25)23-10-15-7-8-19(16(15)11-23)17(24)21-13(2)22-19/h3-6,15-16H,7-11H2,1-2H3,(H,20,25)(H,21,22,24)/t15-,16+,19-/m1/s1. The molecule has 6 heteroatoms. The first kappa shape index (κ1) is 16.1. The van der Waals surface area contributed by atoms with Gasteiger partial charge < -0.3 is 15.5 Å². The van der Waals surface area contributed by atoms with E-state index in [4.69, 9.17) is 0 Å². The summed E-state index contributed by atoms with van der Waals surface area (Å²) in [6.45, 7) is 5.73. The van der Waals surface area contributed by atoms with Gasteiger partial charge in [-0.25, -0.2) is 4.79 Å². The Bertz CT molecular complexity index is 760. The van der Waals surface area contributed by atoms with Crippen molar-refractivity contribution in [3.8, 4) is 0 Å². The molecule has 1 spiro atoms. The van der Waals surface area contributed by atoms with Gasteiger partial charge in [0.05, 0.1) is 0 Å². The highest BCUT2D eigenvalue weighted by Crippen LogP contribution is 2.48. The maximum atomic E-state index is 12.6. The van der Waals surface area contributed by atoms with Crippen molar-refractivity contribution in [2.45, 2.75) is 38.8 Å². The van der Waals surface area contributed by atoms with E-state index in [0.29, 0.717) is 31.4 Å². The molecule has 2 heterocycles. The minimum atomic E-state index is -0.639. The number of hydrogen-bond donors (Lipinski definition) is 2. The van der Waals surface area contributed by atoms with Crippen LogP contribution in [0.25, 0.3) is 0 Å². The van der Waals surface area contributed by atoms with Crippen LogP contribution in [-0.2, 0) is 11.3 Å². The second-order valence-electron chi connectivity index (χ2n) is 7.47. The molecule has 4 rings (SSSR count). The predicted molar refractivity (Wildman–Crippen MR) is 95.2 cm³/mol. The lowest BCUT2D eigenvalue weighted by atomic mass is 9.85. The van der Waals surface area contributed by atoms with Gasteiger partial charge in [0.1, 0.15) is 11.4 Å². The minimum Gasteiger partial charge on any atom is -0.334 e. The molecule has 25 heavy (non-hydrogen) atoms. The Kier molecular flexibility index (Phi) is 3.78. The van der Waals surface area contributed by atoms with Gasteiger partial charge in [-0.05, 0) is 43.7 Å².